The smallest absolute Gasteiger partial charge is 0.345 e. The maximum atomic E-state index is 13.8. The van der Waals surface area contributed by atoms with Crippen molar-refractivity contribution in [2.24, 2.45) is 22.7 Å². The number of carbonyl (C=O) groups is 3. The highest BCUT2D eigenvalue weighted by molar-refractivity contribution is 5.70. The molecule has 0 bridgehead atoms. The number of fused-ring (bicyclic) bond motifs is 4. The third kappa shape index (κ3) is 10.5. The molecular formula is C47H69NO10. The average Bonchev–Trinajstić information content (AvgIpc) is 3.17. The van der Waals surface area contributed by atoms with Gasteiger partial charge in [0.25, 0.3) is 0 Å². The Bertz CT molecular complexity index is 1730. The number of aromatic nitrogens is 1. The van der Waals surface area contributed by atoms with E-state index in [1.165, 1.54) is 84.5 Å². The van der Waals surface area contributed by atoms with Gasteiger partial charge in [-0.15, -0.1) is 0 Å². The highest BCUT2D eigenvalue weighted by Gasteiger charge is 2.71. The number of ether oxygens (including phenoxy) is 4. The molecule has 2 saturated carbocycles. The van der Waals surface area contributed by atoms with Gasteiger partial charge in [0.15, 0.2) is 0 Å². The molecule has 2 aliphatic carbocycles. The predicted octanol–water partition coefficient (Wildman–Crippen LogP) is 10.00. The molecule has 1 aliphatic heterocycles. The number of pyridine rings is 1. The molecule has 2 fully saturated rings. The van der Waals surface area contributed by atoms with E-state index in [4.69, 9.17) is 23.4 Å². The Morgan fingerprint density at radius 3 is 2.05 bits per heavy atom. The second-order valence-corrected chi connectivity index (χ2v) is 18.0. The maximum Gasteiger partial charge on any atom is 0.345 e. The first kappa shape index (κ1) is 45.4. The highest BCUT2D eigenvalue weighted by atomic mass is 16.6. The van der Waals surface area contributed by atoms with Crippen molar-refractivity contribution < 1.29 is 42.9 Å². The summed E-state index contributed by atoms with van der Waals surface area (Å²) in [5.41, 5.74) is -3.08. The summed E-state index contributed by atoms with van der Waals surface area (Å²) >= 11 is 0. The van der Waals surface area contributed by atoms with Crippen molar-refractivity contribution in [1.29, 1.82) is 0 Å². The Morgan fingerprint density at radius 2 is 1.48 bits per heavy atom. The van der Waals surface area contributed by atoms with Crippen molar-refractivity contribution in [3.8, 4) is 17.1 Å². The minimum Gasteiger partial charge on any atom is -0.482 e. The lowest BCUT2D eigenvalue weighted by atomic mass is 9.42. The van der Waals surface area contributed by atoms with E-state index in [9.17, 15) is 24.3 Å². The van der Waals surface area contributed by atoms with Crippen LogP contribution in [0, 0.1) is 22.7 Å². The summed E-state index contributed by atoms with van der Waals surface area (Å²) in [6, 6.07) is 5.10. The molecule has 2 aromatic heterocycles. The molecule has 11 heteroatoms. The molecule has 0 saturated heterocycles. The predicted molar refractivity (Wildman–Crippen MR) is 221 cm³/mol. The van der Waals surface area contributed by atoms with Crippen LogP contribution in [0.25, 0.3) is 11.3 Å². The third-order valence-electron chi connectivity index (χ3n) is 13.7. The monoisotopic (exact) mass is 807 g/mol. The molecule has 0 spiro atoms. The lowest BCUT2D eigenvalue weighted by Crippen LogP contribution is -2.71. The van der Waals surface area contributed by atoms with Crippen LogP contribution in [-0.2, 0) is 28.6 Å². The molecule has 3 heterocycles. The molecule has 322 valence electrons. The zero-order valence-corrected chi connectivity index (χ0v) is 36.0. The Hall–Kier alpha value is -3.73. The van der Waals surface area contributed by atoms with Crippen molar-refractivity contribution in [1.82, 2.24) is 4.98 Å². The van der Waals surface area contributed by atoms with E-state index in [1.807, 2.05) is 20.8 Å². The summed E-state index contributed by atoms with van der Waals surface area (Å²) in [5, 5.41) is 12.4. The van der Waals surface area contributed by atoms with Gasteiger partial charge in [0.05, 0.1) is 6.10 Å². The van der Waals surface area contributed by atoms with E-state index < -0.39 is 58.2 Å². The first-order chi connectivity index (χ1) is 27.7. The first-order valence-electron chi connectivity index (χ1n) is 22.2. The van der Waals surface area contributed by atoms with E-state index in [0.29, 0.717) is 31.2 Å². The molecule has 0 amide bonds. The van der Waals surface area contributed by atoms with Crippen molar-refractivity contribution >= 4 is 17.9 Å². The van der Waals surface area contributed by atoms with Gasteiger partial charge in [-0.25, -0.2) is 4.79 Å². The molecule has 8 atom stereocenters. The van der Waals surface area contributed by atoms with E-state index in [0.717, 1.165) is 19.3 Å². The molecule has 1 N–H and O–H groups in total. The van der Waals surface area contributed by atoms with Gasteiger partial charge in [-0.2, -0.15) is 0 Å². The van der Waals surface area contributed by atoms with Crippen LogP contribution in [0.15, 0.2) is 39.8 Å². The summed E-state index contributed by atoms with van der Waals surface area (Å²) in [7, 11) is 0. The molecule has 11 nitrogen and oxygen atoms in total. The third-order valence-corrected chi connectivity index (χ3v) is 13.7. The topological polar surface area (TPSA) is 151 Å². The van der Waals surface area contributed by atoms with Crippen LogP contribution in [0.5, 0.6) is 5.75 Å². The number of nitrogens with zero attached hydrogens (tertiary/aromatic N) is 1. The first-order valence-corrected chi connectivity index (χ1v) is 22.2. The molecule has 5 rings (SSSR count). The normalized spacial score (nSPS) is 28.6. The molecule has 0 aromatic carbocycles. The number of hydrogen-bond acceptors (Lipinski definition) is 11. The van der Waals surface area contributed by atoms with E-state index in [2.05, 4.69) is 11.9 Å². The van der Waals surface area contributed by atoms with Crippen LogP contribution in [-0.4, -0.2) is 52.4 Å². The number of esters is 3. The standard InChI is InChI=1S/C47H69NO10/c1-7-8-9-10-11-12-13-14-15-16-17-18-19-20-21-24-40(51)57-39-29-37-45(4,26-25-38(55-33(3)50)46(37,5)31-54-32(2)49)43-42(52)41-36(58-47(39,43)6)28-35(56-44(41)53)34-23-22-27-48-30-34/h22-23,27-28,30,37-39,42-43,52H,7-21,24-26,29,31H2,1-6H3/t37?,38-,39-,42?,43?,45-,46-,47+/m0/s1. The van der Waals surface area contributed by atoms with Gasteiger partial charge in [0.2, 0.25) is 0 Å². The van der Waals surface area contributed by atoms with Crippen LogP contribution in [0.4, 0.5) is 0 Å². The van der Waals surface area contributed by atoms with Gasteiger partial charge < -0.3 is 28.5 Å². The maximum absolute atomic E-state index is 13.8. The molecule has 2 aromatic rings. The molecule has 3 unspecified atom stereocenters. The fourth-order valence-electron chi connectivity index (χ4n) is 10.7. The second-order valence-electron chi connectivity index (χ2n) is 18.0. The molecule has 3 aliphatic rings. The van der Waals surface area contributed by atoms with Crippen molar-refractivity contribution in [2.45, 2.75) is 187 Å². The number of carbonyl (C=O) groups excluding carboxylic acids is 3. The number of unbranched alkanes of at least 4 members (excludes halogenated alkanes) is 14. The van der Waals surface area contributed by atoms with Gasteiger partial charge in [0, 0.05) is 55.6 Å². The van der Waals surface area contributed by atoms with Gasteiger partial charge in [-0.05, 0) is 56.1 Å². The lowest BCUT2D eigenvalue weighted by Gasteiger charge is -2.66. The fourth-order valence-corrected chi connectivity index (χ4v) is 10.7. The van der Waals surface area contributed by atoms with Crippen LogP contribution >= 0.6 is 0 Å². The molecular weight excluding hydrogens is 739 g/mol. The quantitative estimate of drug-likeness (QED) is 0.0729. The molecule has 0 radical (unpaired) electrons. The zero-order chi connectivity index (χ0) is 41.9. The van der Waals surface area contributed by atoms with Gasteiger partial charge in [0.1, 0.15) is 41.5 Å². The minimum absolute atomic E-state index is 0.00340. The van der Waals surface area contributed by atoms with E-state index in [-0.39, 0.29) is 42.0 Å². The summed E-state index contributed by atoms with van der Waals surface area (Å²) in [5.74, 6) is -2.01. The SMILES string of the molecule is CCCCCCCCCCCCCCCCCC(=O)O[C@H]1CC2[C@](C)(CC[C@H](OC(C)=O)[C@@]2(C)COC(C)=O)C2C(O)c3c(cc(-c4cccnc4)oc3=O)O[C@@]21C. The largest absolute Gasteiger partial charge is 0.482 e. The van der Waals surface area contributed by atoms with Crippen molar-refractivity contribution in [2.75, 3.05) is 6.61 Å². The van der Waals surface area contributed by atoms with Crippen LogP contribution in [0.1, 0.15) is 175 Å². The summed E-state index contributed by atoms with van der Waals surface area (Å²) < 4.78 is 30.6. The van der Waals surface area contributed by atoms with Crippen molar-refractivity contribution in [3.05, 3.63) is 46.6 Å². The Kier molecular flexibility index (Phi) is 16.0. The van der Waals surface area contributed by atoms with Crippen LogP contribution in [0.2, 0.25) is 0 Å². The summed E-state index contributed by atoms with van der Waals surface area (Å²) in [6.45, 7) is 10.7. The molecule has 58 heavy (non-hydrogen) atoms. The van der Waals surface area contributed by atoms with Crippen LogP contribution in [0.3, 0.4) is 0 Å². The zero-order valence-electron chi connectivity index (χ0n) is 36.0. The number of hydrogen-bond donors (Lipinski definition) is 1. The van der Waals surface area contributed by atoms with Crippen molar-refractivity contribution in [3.63, 3.8) is 0 Å². The van der Waals surface area contributed by atoms with Crippen LogP contribution < -0.4 is 10.4 Å². The Morgan fingerprint density at radius 1 is 0.862 bits per heavy atom. The van der Waals surface area contributed by atoms with Gasteiger partial charge >= 0.3 is 23.5 Å². The average molecular weight is 808 g/mol. The number of aliphatic hydroxyl groups excluding tert-OH is 1. The lowest BCUT2D eigenvalue weighted by molar-refractivity contribution is -0.271. The van der Waals surface area contributed by atoms with Gasteiger partial charge in [-0.1, -0.05) is 111 Å². The second kappa shape index (κ2) is 20.5. The number of aliphatic hydroxyl groups is 1. The Labute approximate surface area is 345 Å². The minimum atomic E-state index is -1.35. The van der Waals surface area contributed by atoms with Gasteiger partial charge in [-0.3, -0.25) is 19.4 Å². The summed E-state index contributed by atoms with van der Waals surface area (Å²) in [6.07, 6.45) is 20.2. The Balaban J connectivity index is 1.31. The van der Waals surface area contributed by atoms with E-state index in [1.54, 1.807) is 30.6 Å². The fraction of sp³-hybridized carbons (Fsp3) is 0.723. The number of rotatable bonds is 21. The van der Waals surface area contributed by atoms with E-state index >= 15 is 0 Å². The summed E-state index contributed by atoms with van der Waals surface area (Å²) in [4.78, 5) is 56.3. The highest BCUT2D eigenvalue weighted by Crippen LogP contribution is 2.67.